The molecule has 0 radical (unpaired) electrons. The maximum atomic E-state index is 12.2. The van der Waals surface area contributed by atoms with E-state index in [9.17, 15) is 9.59 Å². The van der Waals surface area contributed by atoms with Crippen molar-refractivity contribution in [2.45, 2.75) is 45.9 Å². The Hall–Kier alpha value is -1.04. The summed E-state index contributed by atoms with van der Waals surface area (Å²) in [5.41, 5.74) is 0. The summed E-state index contributed by atoms with van der Waals surface area (Å²) in [6.45, 7) is 5.72. The van der Waals surface area contributed by atoms with Crippen LogP contribution in [0.2, 0.25) is 6.32 Å². The van der Waals surface area contributed by atoms with Gasteiger partial charge in [0.05, 0.1) is 5.92 Å². The number of carbonyl (C=O) groups is 2. The highest BCUT2D eigenvalue weighted by atomic mass is 16.6. The minimum atomic E-state index is -0.403. The summed E-state index contributed by atoms with van der Waals surface area (Å²) in [7, 11) is -0.403. The van der Waals surface area contributed by atoms with Crippen LogP contribution in [0.1, 0.15) is 39.5 Å². The van der Waals surface area contributed by atoms with Crippen molar-refractivity contribution in [3.8, 4) is 0 Å². The van der Waals surface area contributed by atoms with Crippen molar-refractivity contribution < 1.29 is 18.9 Å². The highest BCUT2D eigenvalue weighted by molar-refractivity contribution is 6.46. The average molecular weight is 281 g/mol. The standard InChI is InChI=1S/C14H24BNO4/c1-3-8-19-15-7-5-6-11-9-16(13(17)4-2)10-12(11)14(18)20-15/h11-12H,3-10H2,1-2H3. The Bertz CT molecular complexity index is 363. The van der Waals surface area contributed by atoms with Gasteiger partial charge in [0.2, 0.25) is 5.91 Å². The summed E-state index contributed by atoms with van der Waals surface area (Å²) in [5, 5.41) is 0. The molecule has 0 aromatic carbocycles. The van der Waals surface area contributed by atoms with Crippen LogP contribution in [0.15, 0.2) is 0 Å². The molecule has 2 aliphatic heterocycles. The molecule has 6 heteroatoms. The quantitative estimate of drug-likeness (QED) is 0.736. The van der Waals surface area contributed by atoms with Crippen LogP contribution >= 0.6 is 0 Å². The SMILES string of the molecule is CCCOB1CCCC2CN(C(=O)CC)CC2C(=O)O1. The van der Waals surface area contributed by atoms with Gasteiger partial charge in [-0.15, -0.1) is 0 Å². The molecule has 20 heavy (non-hydrogen) atoms. The summed E-state index contributed by atoms with van der Waals surface area (Å²) in [6.07, 6.45) is 4.13. The highest BCUT2D eigenvalue weighted by Crippen LogP contribution is 2.32. The zero-order chi connectivity index (χ0) is 14.5. The van der Waals surface area contributed by atoms with Crippen molar-refractivity contribution in [3.63, 3.8) is 0 Å². The fourth-order valence-corrected chi connectivity index (χ4v) is 3.05. The van der Waals surface area contributed by atoms with Crippen LogP contribution in [0.4, 0.5) is 0 Å². The zero-order valence-electron chi connectivity index (χ0n) is 12.5. The zero-order valence-corrected chi connectivity index (χ0v) is 12.5. The van der Waals surface area contributed by atoms with Gasteiger partial charge in [-0.3, -0.25) is 9.59 Å². The minimum Gasteiger partial charge on any atom is -0.509 e. The van der Waals surface area contributed by atoms with Crippen LogP contribution in [0.25, 0.3) is 0 Å². The molecule has 5 nitrogen and oxygen atoms in total. The van der Waals surface area contributed by atoms with Crippen LogP contribution < -0.4 is 0 Å². The van der Waals surface area contributed by atoms with Gasteiger partial charge in [-0.25, -0.2) is 0 Å². The highest BCUT2D eigenvalue weighted by Gasteiger charge is 2.42. The fourth-order valence-electron chi connectivity index (χ4n) is 3.05. The number of nitrogens with zero attached hydrogens (tertiary/aromatic N) is 1. The van der Waals surface area contributed by atoms with Gasteiger partial charge in [-0.2, -0.15) is 0 Å². The maximum absolute atomic E-state index is 12.2. The Labute approximate surface area is 121 Å². The Balaban J connectivity index is 1.96. The molecule has 0 saturated carbocycles. The van der Waals surface area contributed by atoms with Crippen LogP contribution in [0.3, 0.4) is 0 Å². The number of carbonyl (C=O) groups excluding carboxylic acids is 2. The lowest BCUT2D eigenvalue weighted by Gasteiger charge is -2.23. The molecular weight excluding hydrogens is 257 g/mol. The van der Waals surface area contributed by atoms with Crippen molar-refractivity contribution in [2.75, 3.05) is 19.7 Å². The molecule has 2 heterocycles. The van der Waals surface area contributed by atoms with Gasteiger partial charge < -0.3 is 14.2 Å². The molecule has 0 bridgehead atoms. The van der Waals surface area contributed by atoms with E-state index in [1.54, 1.807) is 0 Å². The minimum absolute atomic E-state index is 0.128. The number of likely N-dealkylation sites (tertiary alicyclic amines) is 1. The van der Waals surface area contributed by atoms with Gasteiger partial charge in [0, 0.05) is 26.1 Å². The van der Waals surface area contributed by atoms with Crippen LogP contribution in [0, 0.1) is 11.8 Å². The third kappa shape index (κ3) is 3.54. The monoisotopic (exact) mass is 281 g/mol. The Kier molecular flexibility index (Phi) is 5.46. The summed E-state index contributed by atoms with van der Waals surface area (Å²) in [6, 6.07) is 0. The summed E-state index contributed by atoms with van der Waals surface area (Å²) >= 11 is 0. The third-order valence-electron chi connectivity index (χ3n) is 4.17. The van der Waals surface area contributed by atoms with Gasteiger partial charge >= 0.3 is 7.12 Å². The normalized spacial score (nSPS) is 26.8. The molecule has 112 valence electrons. The van der Waals surface area contributed by atoms with Gasteiger partial charge in [0.25, 0.3) is 5.97 Å². The molecule has 0 aromatic heterocycles. The van der Waals surface area contributed by atoms with E-state index in [1.165, 1.54) is 0 Å². The number of fused-ring (bicyclic) bond motifs is 1. The molecule has 2 fully saturated rings. The molecule has 1 amide bonds. The third-order valence-corrected chi connectivity index (χ3v) is 4.17. The first-order chi connectivity index (χ1) is 9.65. The van der Waals surface area contributed by atoms with E-state index < -0.39 is 7.12 Å². The molecule has 0 N–H and O–H groups in total. The smallest absolute Gasteiger partial charge is 0.509 e. The van der Waals surface area contributed by atoms with Crippen molar-refractivity contribution >= 4 is 19.0 Å². The predicted octanol–water partition coefficient (Wildman–Crippen LogP) is 1.72. The van der Waals surface area contributed by atoms with Crippen LogP contribution in [-0.4, -0.2) is 43.6 Å². The molecule has 0 aromatic rings. The lowest BCUT2D eigenvalue weighted by Crippen LogP contribution is -2.35. The van der Waals surface area contributed by atoms with E-state index in [2.05, 4.69) is 0 Å². The van der Waals surface area contributed by atoms with Gasteiger partial charge in [0.1, 0.15) is 0 Å². The second-order valence-electron chi connectivity index (χ2n) is 5.69. The maximum Gasteiger partial charge on any atom is 0.527 e. The van der Waals surface area contributed by atoms with Crippen LogP contribution in [-0.2, 0) is 18.9 Å². The summed E-state index contributed by atoms with van der Waals surface area (Å²) in [5.74, 6) is 0.0224. The van der Waals surface area contributed by atoms with Crippen molar-refractivity contribution in [3.05, 3.63) is 0 Å². The van der Waals surface area contributed by atoms with Crippen molar-refractivity contribution in [1.82, 2.24) is 4.90 Å². The molecule has 2 aliphatic rings. The number of rotatable bonds is 4. The largest absolute Gasteiger partial charge is 0.527 e. The van der Waals surface area contributed by atoms with E-state index in [-0.39, 0.29) is 23.7 Å². The van der Waals surface area contributed by atoms with Crippen LogP contribution in [0.5, 0.6) is 0 Å². The van der Waals surface area contributed by atoms with Gasteiger partial charge in [-0.05, 0) is 25.1 Å². The first kappa shape index (κ1) is 15.4. The van der Waals surface area contributed by atoms with E-state index in [1.807, 2.05) is 18.7 Å². The topological polar surface area (TPSA) is 55.8 Å². The summed E-state index contributed by atoms with van der Waals surface area (Å²) < 4.78 is 11.0. The first-order valence-electron chi connectivity index (χ1n) is 7.75. The predicted molar refractivity (Wildman–Crippen MR) is 76.0 cm³/mol. The average Bonchev–Trinajstić information content (AvgIpc) is 2.85. The Morgan fingerprint density at radius 3 is 2.95 bits per heavy atom. The molecular formula is C14H24BNO4. The Morgan fingerprint density at radius 1 is 1.45 bits per heavy atom. The van der Waals surface area contributed by atoms with Gasteiger partial charge in [-0.1, -0.05) is 20.3 Å². The molecule has 0 aliphatic carbocycles. The lowest BCUT2D eigenvalue weighted by molar-refractivity contribution is -0.142. The molecule has 2 unspecified atom stereocenters. The van der Waals surface area contributed by atoms with E-state index in [0.717, 1.165) is 25.6 Å². The van der Waals surface area contributed by atoms with E-state index in [0.29, 0.717) is 26.1 Å². The number of hydrogen-bond acceptors (Lipinski definition) is 4. The van der Waals surface area contributed by atoms with Gasteiger partial charge in [0.15, 0.2) is 0 Å². The van der Waals surface area contributed by atoms with E-state index >= 15 is 0 Å². The second-order valence-corrected chi connectivity index (χ2v) is 5.69. The molecule has 2 atom stereocenters. The second kappa shape index (κ2) is 7.11. The van der Waals surface area contributed by atoms with Crippen molar-refractivity contribution in [2.24, 2.45) is 11.8 Å². The molecule has 0 spiro atoms. The number of amides is 1. The molecule has 2 saturated heterocycles. The van der Waals surface area contributed by atoms with E-state index in [4.69, 9.17) is 9.31 Å². The Morgan fingerprint density at radius 2 is 2.25 bits per heavy atom. The van der Waals surface area contributed by atoms with Crippen molar-refractivity contribution in [1.29, 1.82) is 0 Å². The lowest BCUT2D eigenvalue weighted by atomic mass is 9.77. The molecule has 2 rings (SSSR count). The summed E-state index contributed by atoms with van der Waals surface area (Å²) in [4.78, 5) is 25.8. The fraction of sp³-hybridized carbons (Fsp3) is 0.857. The first-order valence-corrected chi connectivity index (χ1v) is 7.75. The number of hydrogen-bond donors (Lipinski definition) is 0.